The molecule has 1 N–H and O–H groups in total. The predicted octanol–water partition coefficient (Wildman–Crippen LogP) is 1.73. The van der Waals surface area contributed by atoms with Gasteiger partial charge in [0, 0.05) is 34.8 Å². The minimum Gasteiger partial charge on any atom is -0.334 e. The van der Waals surface area contributed by atoms with E-state index < -0.39 is 0 Å². The van der Waals surface area contributed by atoms with E-state index in [1.54, 1.807) is 0 Å². The maximum absolute atomic E-state index is 12.4. The van der Waals surface area contributed by atoms with Crippen LogP contribution in [0.3, 0.4) is 0 Å². The number of fused-ring (bicyclic) bond motifs is 1. The van der Waals surface area contributed by atoms with Gasteiger partial charge in [0.2, 0.25) is 0 Å². The monoisotopic (exact) mass is 342 g/mol. The Morgan fingerprint density at radius 2 is 2.29 bits per heavy atom. The lowest BCUT2D eigenvalue weighted by Gasteiger charge is -2.23. The Morgan fingerprint density at radius 1 is 1.41 bits per heavy atom. The molecule has 2 aliphatic rings. The lowest BCUT2D eigenvalue weighted by molar-refractivity contribution is 0.0737. The first kappa shape index (κ1) is 11.5. The summed E-state index contributed by atoms with van der Waals surface area (Å²) in [5.41, 5.74) is 0.824. The van der Waals surface area contributed by atoms with E-state index >= 15 is 0 Å². The highest BCUT2D eigenvalue weighted by Crippen LogP contribution is 2.28. The molecule has 2 fully saturated rings. The van der Waals surface area contributed by atoms with Crippen LogP contribution in [0.15, 0.2) is 24.3 Å². The number of rotatable bonds is 1. The van der Waals surface area contributed by atoms with Gasteiger partial charge in [0.1, 0.15) is 0 Å². The molecule has 0 radical (unpaired) electrons. The molecule has 3 nitrogen and oxygen atoms in total. The Hall–Kier alpha value is -0.620. The number of nitrogens with one attached hydrogen (secondary N) is 1. The minimum absolute atomic E-state index is 0.194. The van der Waals surface area contributed by atoms with Crippen molar-refractivity contribution < 1.29 is 4.79 Å². The highest BCUT2D eigenvalue weighted by Gasteiger charge is 2.39. The molecule has 1 amide bonds. The Morgan fingerprint density at radius 3 is 3.12 bits per heavy atom. The van der Waals surface area contributed by atoms with Crippen molar-refractivity contribution >= 4 is 28.5 Å². The summed E-state index contributed by atoms with van der Waals surface area (Å²) in [4.78, 5) is 14.5. The van der Waals surface area contributed by atoms with Crippen LogP contribution in [0.4, 0.5) is 0 Å². The van der Waals surface area contributed by atoms with E-state index in [9.17, 15) is 4.79 Å². The maximum Gasteiger partial charge on any atom is 0.254 e. The van der Waals surface area contributed by atoms with Crippen LogP contribution in [-0.4, -0.2) is 36.5 Å². The first-order chi connectivity index (χ1) is 8.25. The first-order valence-electron chi connectivity index (χ1n) is 6.03. The quantitative estimate of drug-likeness (QED) is 0.789. The molecular weight excluding hydrogens is 327 g/mol. The molecule has 0 aromatic heterocycles. The van der Waals surface area contributed by atoms with Crippen molar-refractivity contribution in [2.24, 2.45) is 5.92 Å². The van der Waals surface area contributed by atoms with Gasteiger partial charge in [0.25, 0.3) is 5.91 Å². The Balaban J connectivity index is 1.83. The van der Waals surface area contributed by atoms with Crippen LogP contribution < -0.4 is 5.32 Å². The van der Waals surface area contributed by atoms with E-state index in [2.05, 4.69) is 32.8 Å². The third-order valence-corrected chi connectivity index (χ3v) is 4.45. The van der Waals surface area contributed by atoms with Gasteiger partial charge in [-0.2, -0.15) is 0 Å². The Labute approximate surface area is 115 Å². The zero-order valence-electron chi connectivity index (χ0n) is 9.53. The zero-order chi connectivity index (χ0) is 11.8. The number of carbonyl (C=O) groups excluding carboxylic acids is 1. The predicted molar refractivity (Wildman–Crippen MR) is 75.0 cm³/mol. The van der Waals surface area contributed by atoms with E-state index in [4.69, 9.17) is 0 Å². The summed E-state index contributed by atoms with van der Waals surface area (Å²) in [5, 5.41) is 3.38. The van der Waals surface area contributed by atoms with Crippen LogP contribution in [-0.2, 0) is 0 Å². The third-order valence-electron chi connectivity index (χ3n) is 3.78. The molecule has 0 saturated carbocycles. The van der Waals surface area contributed by atoms with Gasteiger partial charge in [-0.3, -0.25) is 4.79 Å². The number of nitrogens with zero attached hydrogens (tertiary/aromatic N) is 1. The summed E-state index contributed by atoms with van der Waals surface area (Å²) in [6.45, 7) is 2.95. The van der Waals surface area contributed by atoms with E-state index in [-0.39, 0.29) is 5.91 Å². The number of hydrogen-bond acceptors (Lipinski definition) is 2. The second-order valence-corrected chi connectivity index (χ2v) is 6.03. The molecule has 1 aromatic rings. The van der Waals surface area contributed by atoms with Crippen molar-refractivity contribution in [1.29, 1.82) is 0 Å². The minimum atomic E-state index is 0.194. The van der Waals surface area contributed by atoms with Gasteiger partial charge < -0.3 is 10.2 Å². The maximum atomic E-state index is 12.4. The molecule has 2 saturated heterocycles. The highest BCUT2D eigenvalue weighted by atomic mass is 127. The Bertz CT molecular complexity index is 449. The van der Waals surface area contributed by atoms with E-state index in [1.807, 2.05) is 24.3 Å². The van der Waals surface area contributed by atoms with Crippen LogP contribution in [0.2, 0.25) is 0 Å². The third kappa shape index (κ3) is 2.08. The van der Waals surface area contributed by atoms with Gasteiger partial charge in [0.15, 0.2) is 0 Å². The summed E-state index contributed by atoms with van der Waals surface area (Å²) < 4.78 is 1.12. The van der Waals surface area contributed by atoms with Crippen molar-refractivity contribution in [3.8, 4) is 0 Å². The van der Waals surface area contributed by atoms with Crippen LogP contribution in [0.1, 0.15) is 16.8 Å². The number of benzene rings is 1. The fraction of sp³-hybridized carbons (Fsp3) is 0.462. The van der Waals surface area contributed by atoms with Crippen LogP contribution in [0, 0.1) is 9.49 Å². The molecule has 0 unspecified atom stereocenters. The van der Waals surface area contributed by atoms with Gasteiger partial charge in [-0.05, 0) is 53.1 Å². The standard InChI is InChI=1S/C13H15IN2O/c14-11-3-1-2-9(6-11)13(17)16-5-4-10-7-15-8-12(10)16/h1-3,6,10,12,15H,4-5,7-8H2/t10-,12+/m1/s1. The molecule has 3 rings (SSSR count). The summed E-state index contributed by atoms with van der Waals surface area (Å²) in [6, 6.07) is 8.27. The molecule has 0 aliphatic carbocycles. The van der Waals surface area contributed by atoms with Crippen LogP contribution in [0.5, 0.6) is 0 Å². The second kappa shape index (κ2) is 4.57. The number of halogens is 1. The molecule has 90 valence electrons. The SMILES string of the molecule is O=C(c1cccc(I)c1)N1CC[C@@H]2CNC[C@@H]21. The average Bonchev–Trinajstić information content (AvgIpc) is 2.89. The molecule has 0 bridgehead atoms. The molecule has 2 aliphatic heterocycles. The fourth-order valence-corrected chi connectivity index (χ4v) is 3.43. The molecule has 2 heterocycles. The second-order valence-electron chi connectivity index (χ2n) is 4.78. The van der Waals surface area contributed by atoms with Gasteiger partial charge in [-0.25, -0.2) is 0 Å². The molecule has 4 heteroatoms. The smallest absolute Gasteiger partial charge is 0.254 e. The molecule has 17 heavy (non-hydrogen) atoms. The van der Waals surface area contributed by atoms with Gasteiger partial charge >= 0.3 is 0 Å². The molecule has 0 spiro atoms. The molecule has 2 atom stereocenters. The van der Waals surface area contributed by atoms with E-state index in [0.29, 0.717) is 12.0 Å². The van der Waals surface area contributed by atoms with Gasteiger partial charge in [-0.1, -0.05) is 6.07 Å². The number of hydrogen-bond donors (Lipinski definition) is 1. The summed E-state index contributed by atoms with van der Waals surface area (Å²) in [5.74, 6) is 0.862. The fourth-order valence-electron chi connectivity index (χ4n) is 2.89. The summed E-state index contributed by atoms with van der Waals surface area (Å²) in [6.07, 6.45) is 1.15. The number of amides is 1. The van der Waals surface area contributed by atoms with Crippen molar-refractivity contribution in [1.82, 2.24) is 10.2 Å². The Kier molecular flexibility index (Phi) is 3.08. The van der Waals surface area contributed by atoms with Crippen LogP contribution in [0.25, 0.3) is 0 Å². The average molecular weight is 342 g/mol. The van der Waals surface area contributed by atoms with Crippen molar-refractivity contribution in [2.45, 2.75) is 12.5 Å². The summed E-state index contributed by atoms with van der Waals surface area (Å²) in [7, 11) is 0. The zero-order valence-corrected chi connectivity index (χ0v) is 11.7. The van der Waals surface area contributed by atoms with Gasteiger partial charge in [0.05, 0.1) is 0 Å². The van der Waals surface area contributed by atoms with Crippen molar-refractivity contribution in [3.63, 3.8) is 0 Å². The summed E-state index contributed by atoms with van der Waals surface area (Å²) >= 11 is 2.25. The van der Waals surface area contributed by atoms with Gasteiger partial charge in [-0.15, -0.1) is 0 Å². The molecular formula is C13H15IN2O. The largest absolute Gasteiger partial charge is 0.334 e. The number of carbonyl (C=O) groups is 1. The van der Waals surface area contributed by atoms with Crippen LogP contribution >= 0.6 is 22.6 Å². The number of likely N-dealkylation sites (tertiary alicyclic amines) is 1. The van der Waals surface area contributed by atoms with E-state index in [1.165, 1.54) is 0 Å². The first-order valence-corrected chi connectivity index (χ1v) is 7.11. The van der Waals surface area contributed by atoms with Crippen molar-refractivity contribution in [3.05, 3.63) is 33.4 Å². The van der Waals surface area contributed by atoms with E-state index in [0.717, 1.165) is 35.2 Å². The lowest BCUT2D eigenvalue weighted by Crippen LogP contribution is -2.39. The van der Waals surface area contributed by atoms with Crippen molar-refractivity contribution in [2.75, 3.05) is 19.6 Å². The highest BCUT2D eigenvalue weighted by molar-refractivity contribution is 14.1. The lowest BCUT2D eigenvalue weighted by atomic mass is 10.0. The normalized spacial score (nSPS) is 27.2. The topological polar surface area (TPSA) is 32.3 Å². The molecule has 1 aromatic carbocycles.